The zero-order valence-electron chi connectivity index (χ0n) is 12.9. The summed E-state index contributed by atoms with van der Waals surface area (Å²) in [4.78, 5) is 20.3. The van der Waals surface area contributed by atoms with Gasteiger partial charge in [-0.2, -0.15) is 4.98 Å². The van der Waals surface area contributed by atoms with Crippen LogP contribution in [0.3, 0.4) is 0 Å². The van der Waals surface area contributed by atoms with Gasteiger partial charge in [0.05, 0.1) is 0 Å². The SMILES string of the molecule is Cc1cccc(-c2nc(O)c(O)c(C(=O)Nc3ccccc3)n2)c1. The molecule has 0 saturated carbocycles. The average Bonchev–Trinajstić information content (AvgIpc) is 2.58. The molecule has 6 heteroatoms. The number of para-hydroxylation sites is 1. The van der Waals surface area contributed by atoms with E-state index in [0.29, 0.717) is 11.3 Å². The first-order chi connectivity index (χ1) is 11.5. The van der Waals surface area contributed by atoms with Gasteiger partial charge in [-0.1, -0.05) is 42.0 Å². The first-order valence-corrected chi connectivity index (χ1v) is 7.28. The summed E-state index contributed by atoms with van der Waals surface area (Å²) in [7, 11) is 0. The molecule has 0 aliphatic rings. The Kier molecular flexibility index (Phi) is 4.11. The second-order valence-corrected chi connectivity index (χ2v) is 5.26. The molecule has 1 aromatic heterocycles. The maximum absolute atomic E-state index is 12.4. The Bertz CT molecular complexity index is 895. The summed E-state index contributed by atoms with van der Waals surface area (Å²) in [5.74, 6) is -1.77. The number of aromatic hydroxyl groups is 2. The van der Waals surface area contributed by atoms with Crippen LogP contribution < -0.4 is 5.32 Å². The number of nitrogens with zero attached hydrogens (tertiary/aromatic N) is 2. The number of anilines is 1. The van der Waals surface area contributed by atoms with Crippen LogP contribution in [0.1, 0.15) is 16.1 Å². The number of hydrogen-bond acceptors (Lipinski definition) is 5. The summed E-state index contributed by atoms with van der Waals surface area (Å²) in [6.07, 6.45) is 0. The van der Waals surface area contributed by atoms with E-state index in [2.05, 4.69) is 15.3 Å². The van der Waals surface area contributed by atoms with Gasteiger partial charge in [0.2, 0.25) is 5.75 Å². The minimum atomic E-state index is -0.653. The molecule has 6 nitrogen and oxygen atoms in total. The summed E-state index contributed by atoms with van der Waals surface area (Å²) in [5, 5.41) is 22.4. The van der Waals surface area contributed by atoms with E-state index >= 15 is 0 Å². The third-order valence-corrected chi connectivity index (χ3v) is 3.39. The highest BCUT2D eigenvalue weighted by Gasteiger charge is 2.20. The highest BCUT2D eigenvalue weighted by atomic mass is 16.3. The third-order valence-electron chi connectivity index (χ3n) is 3.39. The molecular formula is C18H15N3O3. The Labute approximate surface area is 138 Å². The van der Waals surface area contributed by atoms with Gasteiger partial charge in [-0.15, -0.1) is 0 Å². The van der Waals surface area contributed by atoms with E-state index in [0.717, 1.165) is 5.56 Å². The van der Waals surface area contributed by atoms with Crippen LogP contribution in [0.4, 0.5) is 5.69 Å². The van der Waals surface area contributed by atoms with Gasteiger partial charge in [0.1, 0.15) is 0 Å². The van der Waals surface area contributed by atoms with Gasteiger partial charge in [-0.3, -0.25) is 4.79 Å². The first kappa shape index (κ1) is 15.5. The predicted octanol–water partition coefficient (Wildman–Crippen LogP) is 3.12. The number of aromatic nitrogens is 2. The molecule has 0 aliphatic carbocycles. The summed E-state index contributed by atoms with van der Waals surface area (Å²) < 4.78 is 0. The van der Waals surface area contributed by atoms with E-state index in [-0.39, 0.29) is 11.5 Å². The summed E-state index contributed by atoms with van der Waals surface area (Å²) >= 11 is 0. The molecule has 1 heterocycles. The van der Waals surface area contributed by atoms with Crippen molar-refractivity contribution in [1.29, 1.82) is 0 Å². The summed E-state index contributed by atoms with van der Waals surface area (Å²) in [6.45, 7) is 1.91. The molecule has 0 atom stereocenters. The zero-order chi connectivity index (χ0) is 17.1. The zero-order valence-corrected chi connectivity index (χ0v) is 12.9. The smallest absolute Gasteiger partial charge is 0.278 e. The largest absolute Gasteiger partial charge is 0.501 e. The Morgan fingerprint density at radius 1 is 1.00 bits per heavy atom. The monoisotopic (exact) mass is 321 g/mol. The van der Waals surface area contributed by atoms with Gasteiger partial charge >= 0.3 is 0 Å². The van der Waals surface area contributed by atoms with E-state index in [4.69, 9.17) is 0 Å². The fourth-order valence-electron chi connectivity index (χ4n) is 2.23. The molecule has 3 aromatic rings. The average molecular weight is 321 g/mol. The maximum atomic E-state index is 12.4. The van der Waals surface area contributed by atoms with E-state index in [1.807, 2.05) is 31.2 Å². The molecule has 3 rings (SSSR count). The molecule has 24 heavy (non-hydrogen) atoms. The van der Waals surface area contributed by atoms with Gasteiger partial charge < -0.3 is 15.5 Å². The number of hydrogen-bond donors (Lipinski definition) is 3. The van der Waals surface area contributed by atoms with Crippen LogP contribution in [-0.2, 0) is 0 Å². The van der Waals surface area contributed by atoms with Gasteiger partial charge in [0, 0.05) is 11.3 Å². The Morgan fingerprint density at radius 3 is 2.46 bits per heavy atom. The molecular weight excluding hydrogens is 306 g/mol. The lowest BCUT2D eigenvalue weighted by Crippen LogP contribution is -2.15. The second-order valence-electron chi connectivity index (χ2n) is 5.26. The van der Waals surface area contributed by atoms with Crippen LogP contribution in [0, 0.1) is 6.92 Å². The highest BCUT2D eigenvalue weighted by molar-refractivity contribution is 6.05. The number of aryl methyl sites for hydroxylation is 1. The molecule has 3 N–H and O–H groups in total. The molecule has 0 radical (unpaired) electrons. The minimum absolute atomic E-state index is 0.159. The third kappa shape index (κ3) is 3.17. The number of carbonyl (C=O) groups is 1. The van der Waals surface area contributed by atoms with Crippen LogP contribution in [0.5, 0.6) is 11.6 Å². The Balaban J connectivity index is 2.00. The minimum Gasteiger partial charge on any atom is -0.501 e. The second kappa shape index (κ2) is 6.37. The molecule has 120 valence electrons. The predicted molar refractivity (Wildman–Crippen MR) is 89.9 cm³/mol. The molecule has 1 amide bonds. The highest BCUT2D eigenvalue weighted by Crippen LogP contribution is 2.29. The van der Waals surface area contributed by atoms with Crippen molar-refractivity contribution >= 4 is 11.6 Å². The number of nitrogens with one attached hydrogen (secondary N) is 1. The van der Waals surface area contributed by atoms with Crippen molar-refractivity contribution in [3.63, 3.8) is 0 Å². The van der Waals surface area contributed by atoms with Crippen LogP contribution in [0.25, 0.3) is 11.4 Å². The lowest BCUT2D eigenvalue weighted by Gasteiger charge is -2.09. The van der Waals surface area contributed by atoms with Crippen molar-refractivity contribution in [3.05, 3.63) is 65.9 Å². The van der Waals surface area contributed by atoms with Crippen molar-refractivity contribution in [2.75, 3.05) is 5.32 Å². The van der Waals surface area contributed by atoms with Gasteiger partial charge in [-0.25, -0.2) is 4.98 Å². The van der Waals surface area contributed by atoms with Gasteiger partial charge in [-0.05, 0) is 25.1 Å². The fraction of sp³-hybridized carbons (Fsp3) is 0.0556. The van der Waals surface area contributed by atoms with Crippen molar-refractivity contribution in [2.45, 2.75) is 6.92 Å². The van der Waals surface area contributed by atoms with E-state index < -0.39 is 17.5 Å². The molecule has 0 spiro atoms. The van der Waals surface area contributed by atoms with E-state index in [1.54, 1.807) is 30.3 Å². The fourth-order valence-corrected chi connectivity index (χ4v) is 2.23. The summed E-state index contributed by atoms with van der Waals surface area (Å²) in [6, 6.07) is 16.1. The topological polar surface area (TPSA) is 95.3 Å². The Morgan fingerprint density at radius 2 is 1.75 bits per heavy atom. The van der Waals surface area contributed by atoms with E-state index in [1.165, 1.54) is 0 Å². The van der Waals surface area contributed by atoms with Crippen molar-refractivity contribution in [1.82, 2.24) is 9.97 Å². The van der Waals surface area contributed by atoms with Crippen LogP contribution in [-0.4, -0.2) is 26.1 Å². The van der Waals surface area contributed by atoms with Crippen LogP contribution in [0.2, 0.25) is 0 Å². The number of benzene rings is 2. The molecule has 0 fully saturated rings. The van der Waals surface area contributed by atoms with Crippen molar-refractivity contribution < 1.29 is 15.0 Å². The lowest BCUT2D eigenvalue weighted by atomic mass is 10.1. The molecule has 0 unspecified atom stereocenters. The normalized spacial score (nSPS) is 10.4. The molecule has 0 saturated heterocycles. The number of carbonyl (C=O) groups excluding carboxylic acids is 1. The van der Waals surface area contributed by atoms with Crippen LogP contribution >= 0.6 is 0 Å². The first-order valence-electron chi connectivity index (χ1n) is 7.28. The maximum Gasteiger partial charge on any atom is 0.278 e. The molecule has 0 aliphatic heterocycles. The van der Waals surface area contributed by atoms with Gasteiger partial charge in [0.25, 0.3) is 11.8 Å². The molecule has 2 aromatic carbocycles. The number of amides is 1. The van der Waals surface area contributed by atoms with Crippen molar-refractivity contribution in [2.24, 2.45) is 0 Å². The molecule has 0 bridgehead atoms. The Hall–Kier alpha value is -3.41. The standard InChI is InChI=1S/C18H15N3O3/c1-11-6-5-7-12(10-11)16-20-14(15(22)18(24)21-16)17(23)19-13-8-3-2-4-9-13/h2-10,22H,1H3,(H,19,23)(H,20,21,24). The quantitative estimate of drug-likeness (QED) is 0.689. The lowest BCUT2D eigenvalue weighted by molar-refractivity contribution is 0.101. The van der Waals surface area contributed by atoms with Crippen LogP contribution in [0.15, 0.2) is 54.6 Å². The van der Waals surface area contributed by atoms with Crippen molar-refractivity contribution in [3.8, 4) is 23.0 Å². The van der Waals surface area contributed by atoms with E-state index in [9.17, 15) is 15.0 Å². The summed E-state index contributed by atoms with van der Waals surface area (Å²) in [5.41, 5.74) is 1.89. The van der Waals surface area contributed by atoms with Gasteiger partial charge in [0.15, 0.2) is 11.5 Å². The number of rotatable bonds is 3.